The van der Waals surface area contributed by atoms with Gasteiger partial charge in [-0.2, -0.15) is 0 Å². The second-order valence-corrected chi connectivity index (χ2v) is 4.08. The summed E-state index contributed by atoms with van der Waals surface area (Å²) in [6.07, 6.45) is 3.39. The molecule has 1 aliphatic carbocycles. The standard InChI is InChI=1S/C11H24N4O/c1-3-9-8-10(9)14-11(15-12)13-6-5-7-16-4-2/h9-10H,3-8,12H2,1-2H3,(H2,13,14,15). The van der Waals surface area contributed by atoms with Gasteiger partial charge in [0.05, 0.1) is 0 Å². The van der Waals surface area contributed by atoms with E-state index in [4.69, 9.17) is 10.6 Å². The van der Waals surface area contributed by atoms with Crippen molar-refractivity contribution in [2.45, 2.75) is 39.2 Å². The highest BCUT2D eigenvalue weighted by molar-refractivity contribution is 5.79. The highest BCUT2D eigenvalue weighted by Gasteiger charge is 2.35. The molecule has 0 aromatic carbocycles. The molecule has 0 radical (unpaired) electrons. The Morgan fingerprint density at radius 2 is 2.31 bits per heavy atom. The number of rotatable bonds is 7. The van der Waals surface area contributed by atoms with E-state index in [1.807, 2.05) is 6.92 Å². The van der Waals surface area contributed by atoms with Crippen LogP contribution in [0.4, 0.5) is 0 Å². The van der Waals surface area contributed by atoms with Gasteiger partial charge in [-0.1, -0.05) is 13.3 Å². The average molecular weight is 228 g/mol. The van der Waals surface area contributed by atoms with E-state index in [1.54, 1.807) is 0 Å². The lowest BCUT2D eigenvalue weighted by atomic mass is 10.3. The molecule has 4 N–H and O–H groups in total. The number of nitrogens with two attached hydrogens (primary N) is 1. The molecule has 0 heterocycles. The maximum absolute atomic E-state index is 5.40. The first kappa shape index (κ1) is 13.3. The van der Waals surface area contributed by atoms with E-state index in [-0.39, 0.29) is 0 Å². The van der Waals surface area contributed by atoms with Crippen LogP contribution >= 0.6 is 0 Å². The minimum atomic E-state index is 0.562. The quantitative estimate of drug-likeness (QED) is 0.196. The van der Waals surface area contributed by atoms with Crippen LogP contribution in [0.5, 0.6) is 0 Å². The number of nitrogens with one attached hydrogen (secondary N) is 2. The van der Waals surface area contributed by atoms with Gasteiger partial charge >= 0.3 is 0 Å². The van der Waals surface area contributed by atoms with Crippen LogP contribution in [-0.4, -0.2) is 31.8 Å². The lowest BCUT2D eigenvalue weighted by Gasteiger charge is -2.08. The normalized spacial score (nSPS) is 24.3. The molecule has 0 bridgehead atoms. The lowest BCUT2D eigenvalue weighted by molar-refractivity contribution is 0.146. The number of guanidine groups is 1. The molecular weight excluding hydrogens is 204 g/mol. The molecule has 2 unspecified atom stereocenters. The van der Waals surface area contributed by atoms with Gasteiger partial charge in [0.15, 0.2) is 0 Å². The predicted octanol–water partition coefficient (Wildman–Crippen LogP) is 0.620. The minimum absolute atomic E-state index is 0.562. The first-order chi connectivity index (χ1) is 7.81. The maximum Gasteiger partial charge on any atom is 0.205 e. The molecule has 0 spiro atoms. The van der Waals surface area contributed by atoms with Gasteiger partial charge in [0.1, 0.15) is 0 Å². The van der Waals surface area contributed by atoms with Crippen LogP contribution in [0.25, 0.3) is 0 Å². The van der Waals surface area contributed by atoms with Crippen LogP contribution in [-0.2, 0) is 4.74 Å². The molecule has 0 saturated heterocycles. The molecular formula is C11H24N4O. The van der Waals surface area contributed by atoms with Crippen LogP contribution in [0.15, 0.2) is 4.99 Å². The molecule has 1 fully saturated rings. The van der Waals surface area contributed by atoms with E-state index in [1.165, 1.54) is 12.8 Å². The van der Waals surface area contributed by atoms with Crippen molar-refractivity contribution in [3.05, 3.63) is 0 Å². The van der Waals surface area contributed by atoms with Crippen LogP contribution < -0.4 is 16.6 Å². The van der Waals surface area contributed by atoms with E-state index >= 15 is 0 Å². The zero-order chi connectivity index (χ0) is 11.8. The van der Waals surface area contributed by atoms with Gasteiger partial charge in [0.2, 0.25) is 5.96 Å². The SMILES string of the molecule is CCOCCCN=C(NN)NC1CC1CC. The number of hydrogen-bond donors (Lipinski definition) is 3. The van der Waals surface area contributed by atoms with Crippen molar-refractivity contribution in [3.63, 3.8) is 0 Å². The van der Waals surface area contributed by atoms with E-state index in [9.17, 15) is 0 Å². The third-order valence-electron chi connectivity index (χ3n) is 2.83. The first-order valence-electron chi connectivity index (χ1n) is 6.17. The Labute approximate surface area is 97.8 Å². The number of aliphatic imine (C=N–C) groups is 1. The Bertz CT molecular complexity index is 220. The summed E-state index contributed by atoms with van der Waals surface area (Å²) in [6, 6.07) is 0.562. The van der Waals surface area contributed by atoms with Crippen molar-refractivity contribution in [3.8, 4) is 0 Å². The van der Waals surface area contributed by atoms with E-state index in [2.05, 4.69) is 22.7 Å². The summed E-state index contributed by atoms with van der Waals surface area (Å²) in [4.78, 5) is 4.35. The number of ether oxygens (including phenoxy) is 1. The van der Waals surface area contributed by atoms with E-state index < -0.39 is 0 Å². The maximum atomic E-state index is 5.40. The highest BCUT2D eigenvalue weighted by Crippen LogP contribution is 2.32. The Morgan fingerprint density at radius 1 is 1.50 bits per heavy atom. The molecule has 0 aromatic heterocycles. The summed E-state index contributed by atoms with van der Waals surface area (Å²) in [5.41, 5.74) is 2.61. The molecule has 5 heteroatoms. The Hall–Kier alpha value is -0.810. The zero-order valence-electron chi connectivity index (χ0n) is 10.3. The molecule has 1 saturated carbocycles. The van der Waals surface area contributed by atoms with Crippen LogP contribution in [0.2, 0.25) is 0 Å². The molecule has 2 atom stereocenters. The molecule has 1 rings (SSSR count). The van der Waals surface area contributed by atoms with Crippen molar-refractivity contribution >= 4 is 5.96 Å². The molecule has 0 amide bonds. The summed E-state index contributed by atoms with van der Waals surface area (Å²) in [7, 11) is 0. The van der Waals surface area contributed by atoms with Crippen LogP contribution in [0.3, 0.4) is 0 Å². The molecule has 0 aliphatic heterocycles. The summed E-state index contributed by atoms with van der Waals surface area (Å²) >= 11 is 0. The second kappa shape index (κ2) is 7.46. The van der Waals surface area contributed by atoms with E-state index in [0.29, 0.717) is 12.0 Å². The van der Waals surface area contributed by atoms with Gasteiger partial charge in [-0.25, -0.2) is 5.84 Å². The number of hydrazine groups is 1. The molecule has 1 aliphatic rings. The minimum Gasteiger partial charge on any atom is -0.382 e. The zero-order valence-corrected chi connectivity index (χ0v) is 10.3. The number of hydrogen-bond acceptors (Lipinski definition) is 3. The summed E-state index contributed by atoms with van der Waals surface area (Å²) in [5, 5.41) is 3.31. The lowest BCUT2D eigenvalue weighted by Crippen LogP contribution is -2.43. The number of nitrogens with zero attached hydrogens (tertiary/aromatic N) is 1. The summed E-state index contributed by atoms with van der Waals surface area (Å²) in [6.45, 7) is 6.48. The van der Waals surface area contributed by atoms with Crippen LogP contribution in [0, 0.1) is 5.92 Å². The van der Waals surface area contributed by atoms with Gasteiger partial charge in [0.25, 0.3) is 0 Å². The largest absolute Gasteiger partial charge is 0.382 e. The third-order valence-corrected chi connectivity index (χ3v) is 2.83. The van der Waals surface area contributed by atoms with Gasteiger partial charge in [0, 0.05) is 25.8 Å². The second-order valence-electron chi connectivity index (χ2n) is 4.08. The van der Waals surface area contributed by atoms with Crippen molar-refractivity contribution in [1.29, 1.82) is 0 Å². The third kappa shape index (κ3) is 4.81. The van der Waals surface area contributed by atoms with E-state index in [0.717, 1.165) is 32.1 Å². The predicted molar refractivity (Wildman–Crippen MR) is 66.1 cm³/mol. The summed E-state index contributed by atoms with van der Waals surface area (Å²) in [5.74, 6) is 6.90. The van der Waals surface area contributed by atoms with Crippen LogP contribution in [0.1, 0.15) is 33.1 Å². The van der Waals surface area contributed by atoms with Gasteiger partial charge in [-0.15, -0.1) is 0 Å². The van der Waals surface area contributed by atoms with Crippen molar-refractivity contribution in [2.24, 2.45) is 16.8 Å². The monoisotopic (exact) mass is 228 g/mol. The van der Waals surface area contributed by atoms with Crippen molar-refractivity contribution < 1.29 is 4.74 Å². The molecule has 5 nitrogen and oxygen atoms in total. The fourth-order valence-electron chi connectivity index (χ4n) is 1.69. The Morgan fingerprint density at radius 3 is 2.88 bits per heavy atom. The molecule has 16 heavy (non-hydrogen) atoms. The van der Waals surface area contributed by atoms with Crippen molar-refractivity contribution in [2.75, 3.05) is 19.8 Å². The molecule has 0 aromatic rings. The topological polar surface area (TPSA) is 71.7 Å². The average Bonchev–Trinajstić information content (AvgIpc) is 3.05. The first-order valence-corrected chi connectivity index (χ1v) is 6.17. The van der Waals surface area contributed by atoms with Gasteiger partial charge in [-0.05, 0) is 25.7 Å². The smallest absolute Gasteiger partial charge is 0.205 e. The van der Waals surface area contributed by atoms with Gasteiger partial charge < -0.3 is 10.1 Å². The van der Waals surface area contributed by atoms with Gasteiger partial charge in [-0.3, -0.25) is 10.4 Å². The summed E-state index contributed by atoms with van der Waals surface area (Å²) < 4.78 is 5.24. The van der Waals surface area contributed by atoms with Crippen molar-refractivity contribution in [1.82, 2.24) is 10.7 Å². The Balaban J connectivity index is 2.12. The highest BCUT2D eigenvalue weighted by atomic mass is 16.5. The fourth-order valence-corrected chi connectivity index (χ4v) is 1.69. The Kier molecular flexibility index (Phi) is 6.18. The molecule has 94 valence electrons. The fraction of sp³-hybridized carbons (Fsp3) is 0.909.